The van der Waals surface area contributed by atoms with Gasteiger partial charge in [0.25, 0.3) is 5.91 Å². The van der Waals surface area contributed by atoms with Gasteiger partial charge in [0.1, 0.15) is 0 Å². The van der Waals surface area contributed by atoms with Crippen LogP contribution in [0.3, 0.4) is 0 Å². The number of carbonyl (C=O) groups excluding carboxylic acids is 1. The highest BCUT2D eigenvalue weighted by molar-refractivity contribution is 9.10. The monoisotopic (exact) mass is 374 g/mol. The van der Waals surface area contributed by atoms with Crippen molar-refractivity contribution in [1.82, 2.24) is 5.32 Å². The molecule has 2 rings (SSSR count). The Labute approximate surface area is 133 Å². The molecule has 1 aromatic carbocycles. The Balaban J connectivity index is 2.17. The van der Waals surface area contributed by atoms with Crippen molar-refractivity contribution in [3.05, 3.63) is 28.2 Å². The predicted octanol–water partition coefficient (Wildman–Crippen LogP) is 2.41. The molecule has 3 N–H and O–H groups in total. The third-order valence-electron chi connectivity index (χ3n) is 3.65. The molecule has 0 bridgehead atoms. The van der Waals surface area contributed by atoms with E-state index in [-0.39, 0.29) is 22.4 Å². The summed E-state index contributed by atoms with van der Waals surface area (Å²) < 4.78 is 23.3. The molecule has 0 radical (unpaired) electrons. The quantitative estimate of drug-likeness (QED) is 0.800. The summed E-state index contributed by atoms with van der Waals surface area (Å²) in [6.45, 7) is 2.03. The normalized spacial score (nSPS) is 16.5. The first-order valence-electron chi connectivity index (χ1n) is 6.94. The Morgan fingerprint density at radius 3 is 2.67 bits per heavy atom. The number of nitrogens with two attached hydrogens (primary N) is 1. The van der Waals surface area contributed by atoms with Gasteiger partial charge in [-0.2, -0.15) is 0 Å². The average Bonchev–Trinajstić information content (AvgIpc) is 3.20. The summed E-state index contributed by atoms with van der Waals surface area (Å²) in [4.78, 5) is 12.3. The molecule has 0 spiro atoms. The second-order valence-corrected chi connectivity index (χ2v) is 7.86. The Hall–Kier alpha value is -0.920. The van der Waals surface area contributed by atoms with Crippen molar-refractivity contribution < 1.29 is 13.2 Å². The zero-order valence-corrected chi connectivity index (χ0v) is 14.2. The number of carbonyl (C=O) groups is 1. The molecule has 116 valence electrons. The van der Waals surface area contributed by atoms with Gasteiger partial charge in [0.2, 0.25) is 10.0 Å². The molecule has 7 heteroatoms. The van der Waals surface area contributed by atoms with Crippen LogP contribution in [0.25, 0.3) is 0 Å². The summed E-state index contributed by atoms with van der Waals surface area (Å²) in [7, 11) is -3.82. The summed E-state index contributed by atoms with van der Waals surface area (Å²) in [6, 6.07) is 4.32. The van der Waals surface area contributed by atoms with E-state index < -0.39 is 10.0 Å². The molecule has 1 unspecified atom stereocenters. The maximum absolute atomic E-state index is 12.3. The molecule has 1 aliphatic carbocycles. The molecule has 1 fully saturated rings. The molecule has 0 saturated heterocycles. The van der Waals surface area contributed by atoms with Crippen LogP contribution in [0.4, 0.5) is 0 Å². The molecule has 0 aliphatic heterocycles. The molecule has 1 atom stereocenters. The van der Waals surface area contributed by atoms with E-state index >= 15 is 0 Å². The molecule has 1 amide bonds. The van der Waals surface area contributed by atoms with Crippen molar-refractivity contribution >= 4 is 31.9 Å². The van der Waals surface area contributed by atoms with Crippen molar-refractivity contribution in [1.29, 1.82) is 0 Å². The maximum Gasteiger partial charge on any atom is 0.252 e. The van der Waals surface area contributed by atoms with Crippen LogP contribution in [0.1, 0.15) is 43.0 Å². The average molecular weight is 375 g/mol. The SMILES string of the molecule is CCC(CC1CC1)NC(=O)c1cc(S(N)(=O)=O)ccc1Br. The predicted molar refractivity (Wildman–Crippen MR) is 84.4 cm³/mol. The maximum atomic E-state index is 12.3. The third kappa shape index (κ3) is 4.52. The third-order valence-corrected chi connectivity index (χ3v) is 5.26. The van der Waals surface area contributed by atoms with E-state index in [1.54, 1.807) is 0 Å². The van der Waals surface area contributed by atoms with E-state index in [1.807, 2.05) is 6.92 Å². The Morgan fingerprint density at radius 2 is 2.14 bits per heavy atom. The number of amides is 1. The van der Waals surface area contributed by atoms with Crippen molar-refractivity contribution in [2.24, 2.45) is 11.1 Å². The minimum atomic E-state index is -3.82. The van der Waals surface area contributed by atoms with Crippen molar-refractivity contribution in [2.75, 3.05) is 0 Å². The highest BCUT2D eigenvalue weighted by atomic mass is 79.9. The molecule has 1 aromatic rings. The lowest BCUT2D eigenvalue weighted by Gasteiger charge is -2.17. The Bertz CT molecular complexity index is 642. The van der Waals surface area contributed by atoms with Gasteiger partial charge >= 0.3 is 0 Å². The first kappa shape index (κ1) is 16.5. The summed E-state index contributed by atoms with van der Waals surface area (Å²) in [5.41, 5.74) is 0.288. The van der Waals surface area contributed by atoms with Gasteiger partial charge in [-0.3, -0.25) is 4.79 Å². The highest BCUT2D eigenvalue weighted by Crippen LogP contribution is 2.34. The number of hydrogen-bond donors (Lipinski definition) is 2. The first-order valence-corrected chi connectivity index (χ1v) is 9.28. The van der Waals surface area contributed by atoms with Crippen LogP contribution in [0.15, 0.2) is 27.6 Å². The van der Waals surface area contributed by atoms with E-state index in [1.165, 1.54) is 31.0 Å². The van der Waals surface area contributed by atoms with Gasteiger partial charge in [-0.05, 0) is 52.9 Å². The van der Waals surface area contributed by atoms with Crippen LogP contribution in [0.5, 0.6) is 0 Å². The number of primary sulfonamides is 1. The minimum absolute atomic E-state index is 0.0638. The smallest absolute Gasteiger partial charge is 0.252 e. The second-order valence-electron chi connectivity index (χ2n) is 5.44. The number of sulfonamides is 1. The fourth-order valence-corrected chi connectivity index (χ4v) is 3.17. The number of hydrogen-bond acceptors (Lipinski definition) is 3. The summed E-state index contributed by atoms with van der Waals surface area (Å²) in [5.74, 6) is 0.439. The van der Waals surface area contributed by atoms with Crippen LogP contribution in [0, 0.1) is 5.92 Å². The zero-order valence-electron chi connectivity index (χ0n) is 11.8. The fraction of sp³-hybridized carbons (Fsp3) is 0.500. The first-order chi connectivity index (χ1) is 9.81. The highest BCUT2D eigenvalue weighted by Gasteiger charge is 2.26. The molecule has 21 heavy (non-hydrogen) atoms. The zero-order chi connectivity index (χ0) is 15.6. The summed E-state index contributed by atoms with van der Waals surface area (Å²) in [5, 5.41) is 8.07. The molecule has 0 heterocycles. The molecular weight excluding hydrogens is 356 g/mol. The topological polar surface area (TPSA) is 89.3 Å². The molecular formula is C14H19BrN2O3S. The molecule has 0 aromatic heterocycles. The minimum Gasteiger partial charge on any atom is -0.349 e. The lowest BCUT2D eigenvalue weighted by atomic mass is 10.1. The van der Waals surface area contributed by atoms with Crippen molar-refractivity contribution in [3.63, 3.8) is 0 Å². The molecule has 1 aliphatic rings. The molecule has 1 saturated carbocycles. The number of nitrogens with one attached hydrogen (secondary N) is 1. The lowest BCUT2D eigenvalue weighted by molar-refractivity contribution is 0.0931. The van der Waals surface area contributed by atoms with Gasteiger partial charge in [-0.1, -0.05) is 19.8 Å². The summed E-state index contributed by atoms with van der Waals surface area (Å²) in [6.07, 6.45) is 4.30. The standard InChI is InChI=1S/C14H19BrN2O3S/c1-2-10(7-9-3-4-9)17-14(18)12-8-11(21(16,19)20)5-6-13(12)15/h5-6,8-10H,2-4,7H2,1H3,(H,17,18)(H2,16,19,20). The van der Waals surface area contributed by atoms with E-state index in [2.05, 4.69) is 21.2 Å². The van der Waals surface area contributed by atoms with Gasteiger partial charge in [-0.15, -0.1) is 0 Å². The van der Waals surface area contributed by atoms with Crippen LogP contribution in [0.2, 0.25) is 0 Å². The van der Waals surface area contributed by atoms with Crippen LogP contribution >= 0.6 is 15.9 Å². The van der Waals surface area contributed by atoms with Gasteiger partial charge in [-0.25, -0.2) is 13.6 Å². The lowest BCUT2D eigenvalue weighted by Crippen LogP contribution is -2.35. The van der Waals surface area contributed by atoms with Crippen molar-refractivity contribution in [3.8, 4) is 0 Å². The van der Waals surface area contributed by atoms with Gasteiger partial charge in [0.15, 0.2) is 0 Å². The van der Waals surface area contributed by atoms with Crippen LogP contribution in [-0.4, -0.2) is 20.4 Å². The van der Waals surface area contributed by atoms with Crippen LogP contribution < -0.4 is 10.5 Å². The number of benzene rings is 1. The number of rotatable bonds is 6. The van der Waals surface area contributed by atoms with Crippen molar-refractivity contribution in [2.45, 2.75) is 43.5 Å². The molecule has 5 nitrogen and oxygen atoms in total. The fourth-order valence-electron chi connectivity index (χ4n) is 2.20. The van der Waals surface area contributed by atoms with E-state index in [0.717, 1.165) is 18.8 Å². The Kier molecular flexibility index (Phi) is 5.06. The largest absolute Gasteiger partial charge is 0.349 e. The van der Waals surface area contributed by atoms with Gasteiger partial charge < -0.3 is 5.32 Å². The van der Waals surface area contributed by atoms with Crippen LogP contribution in [-0.2, 0) is 10.0 Å². The van der Waals surface area contributed by atoms with E-state index in [9.17, 15) is 13.2 Å². The Morgan fingerprint density at radius 1 is 1.48 bits per heavy atom. The van der Waals surface area contributed by atoms with Gasteiger partial charge in [0, 0.05) is 10.5 Å². The van der Waals surface area contributed by atoms with E-state index in [4.69, 9.17) is 5.14 Å². The second kappa shape index (κ2) is 6.46. The van der Waals surface area contributed by atoms with Gasteiger partial charge in [0.05, 0.1) is 10.5 Å². The number of halogens is 1. The summed E-state index contributed by atoms with van der Waals surface area (Å²) >= 11 is 3.28. The van der Waals surface area contributed by atoms with E-state index in [0.29, 0.717) is 4.47 Å².